The van der Waals surface area contributed by atoms with E-state index in [9.17, 15) is 18.0 Å². The van der Waals surface area contributed by atoms with Crippen LogP contribution in [0.2, 0.25) is 5.02 Å². The molecule has 1 atom stereocenters. The molecule has 0 radical (unpaired) electrons. The largest absolute Gasteiger partial charge is 0.496 e. The fraction of sp³-hybridized carbons (Fsp3) is 0.355. The molecule has 11 heteroatoms. The number of carbonyl (C=O) groups is 2. The molecule has 0 spiro atoms. The van der Waals surface area contributed by atoms with E-state index in [4.69, 9.17) is 16.3 Å². The minimum absolute atomic E-state index is 0.0183. The van der Waals surface area contributed by atoms with Crippen molar-refractivity contribution in [3.05, 3.63) is 87.4 Å². The average Bonchev–Trinajstić information content (AvgIpc) is 2.92. The minimum atomic E-state index is -4.23. The van der Waals surface area contributed by atoms with Crippen LogP contribution in [-0.4, -0.2) is 50.4 Å². The topological polar surface area (TPSA) is 96.0 Å². The van der Waals surface area contributed by atoms with Crippen LogP contribution >= 0.6 is 27.5 Å². The molecule has 3 rings (SSSR count). The number of anilines is 1. The number of benzene rings is 3. The van der Waals surface area contributed by atoms with Crippen molar-refractivity contribution in [1.29, 1.82) is 0 Å². The van der Waals surface area contributed by atoms with Gasteiger partial charge in [-0.25, -0.2) is 8.42 Å². The summed E-state index contributed by atoms with van der Waals surface area (Å²) in [5.74, 6) is -0.426. The molecule has 1 N–H and O–H groups in total. The van der Waals surface area contributed by atoms with E-state index < -0.39 is 34.1 Å². The summed E-state index contributed by atoms with van der Waals surface area (Å²) in [5.41, 5.74) is 1.34. The predicted molar refractivity (Wildman–Crippen MR) is 170 cm³/mol. The molecule has 42 heavy (non-hydrogen) atoms. The van der Waals surface area contributed by atoms with E-state index in [1.807, 2.05) is 34.6 Å². The maximum atomic E-state index is 14.2. The molecule has 0 saturated heterocycles. The van der Waals surface area contributed by atoms with E-state index in [0.717, 1.165) is 9.87 Å². The second kappa shape index (κ2) is 13.9. The van der Waals surface area contributed by atoms with Crippen LogP contribution in [0.25, 0.3) is 0 Å². The van der Waals surface area contributed by atoms with Crippen molar-refractivity contribution in [2.24, 2.45) is 0 Å². The number of halogens is 2. The lowest BCUT2D eigenvalue weighted by atomic mass is 10.1. The average molecular weight is 679 g/mol. The van der Waals surface area contributed by atoms with E-state index in [1.165, 1.54) is 24.1 Å². The summed E-state index contributed by atoms with van der Waals surface area (Å²) in [7, 11) is -2.75. The molecule has 0 heterocycles. The minimum Gasteiger partial charge on any atom is -0.496 e. The lowest BCUT2D eigenvalue weighted by molar-refractivity contribution is -0.141. The number of amides is 2. The van der Waals surface area contributed by atoms with Crippen LogP contribution in [0, 0.1) is 6.92 Å². The summed E-state index contributed by atoms with van der Waals surface area (Å²) in [6, 6.07) is 17.5. The quantitative estimate of drug-likeness (QED) is 0.256. The van der Waals surface area contributed by atoms with E-state index in [2.05, 4.69) is 21.2 Å². The third-order valence-electron chi connectivity index (χ3n) is 6.49. The van der Waals surface area contributed by atoms with E-state index >= 15 is 0 Å². The second-order valence-electron chi connectivity index (χ2n) is 10.9. The first-order chi connectivity index (χ1) is 19.7. The number of ether oxygens (including phenoxy) is 1. The highest BCUT2D eigenvalue weighted by molar-refractivity contribution is 9.10. The third kappa shape index (κ3) is 8.26. The van der Waals surface area contributed by atoms with Crippen LogP contribution in [0.4, 0.5) is 5.69 Å². The molecule has 0 aliphatic carbocycles. The normalized spacial score (nSPS) is 12.4. The summed E-state index contributed by atoms with van der Waals surface area (Å²) >= 11 is 9.82. The second-order valence-corrected chi connectivity index (χ2v) is 14.0. The van der Waals surface area contributed by atoms with Gasteiger partial charge in [0.15, 0.2) is 0 Å². The number of hydrogen-bond acceptors (Lipinski definition) is 5. The van der Waals surface area contributed by atoms with E-state index in [1.54, 1.807) is 54.6 Å². The van der Waals surface area contributed by atoms with Crippen LogP contribution in [0.5, 0.6) is 5.75 Å². The van der Waals surface area contributed by atoms with Crippen LogP contribution in [0.1, 0.15) is 45.2 Å². The molecule has 0 fully saturated rings. The van der Waals surface area contributed by atoms with Gasteiger partial charge in [-0.1, -0.05) is 54.4 Å². The molecule has 8 nitrogen and oxygen atoms in total. The van der Waals surface area contributed by atoms with Crippen LogP contribution in [0.3, 0.4) is 0 Å². The molecule has 3 aromatic carbocycles. The molecular formula is C31H37BrClN3O5S. The van der Waals surface area contributed by atoms with Gasteiger partial charge in [-0.15, -0.1) is 0 Å². The Labute approximate surface area is 262 Å². The van der Waals surface area contributed by atoms with Gasteiger partial charge in [0.25, 0.3) is 10.0 Å². The first kappa shape index (κ1) is 33.4. The Kier molecular flexibility index (Phi) is 11.1. The number of nitrogens with zero attached hydrogens (tertiary/aromatic N) is 2. The number of nitrogens with one attached hydrogen (secondary N) is 1. The Bertz CT molecular complexity index is 1520. The van der Waals surface area contributed by atoms with Crippen molar-refractivity contribution in [2.45, 2.75) is 64.1 Å². The summed E-state index contributed by atoms with van der Waals surface area (Å²) < 4.78 is 35.0. The zero-order valence-corrected chi connectivity index (χ0v) is 27.8. The summed E-state index contributed by atoms with van der Waals surface area (Å²) in [4.78, 5) is 29.0. The Hall–Kier alpha value is -3.08. The molecule has 3 aromatic rings. The summed E-state index contributed by atoms with van der Waals surface area (Å²) in [5, 5.41) is 3.39. The smallest absolute Gasteiger partial charge is 0.264 e. The van der Waals surface area contributed by atoms with Crippen LogP contribution < -0.4 is 14.4 Å². The molecule has 0 aromatic heterocycles. The molecule has 0 aliphatic heterocycles. The highest BCUT2D eigenvalue weighted by atomic mass is 79.9. The van der Waals surface area contributed by atoms with Crippen molar-refractivity contribution >= 4 is 55.1 Å². The zero-order chi connectivity index (χ0) is 31.2. The molecule has 0 unspecified atom stereocenters. The molecule has 0 bridgehead atoms. The number of rotatable bonds is 11. The first-order valence-corrected chi connectivity index (χ1v) is 16.1. The number of sulfonamides is 1. The van der Waals surface area contributed by atoms with Crippen molar-refractivity contribution < 1.29 is 22.7 Å². The third-order valence-corrected chi connectivity index (χ3v) is 9.25. The fourth-order valence-electron chi connectivity index (χ4n) is 4.36. The van der Waals surface area contributed by atoms with Gasteiger partial charge in [0.05, 0.1) is 22.2 Å². The Balaban J connectivity index is 2.10. The van der Waals surface area contributed by atoms with Gasteiger partial charge in [0.2, 0.25) is 11.8 Å². The fourth-order valence-corrected chi connectivity index (χ4v) is 6.69. The number of aryl methyl sites for hydroxylation is 1. The van der Waals surface area contributed by atoms with Crippen LogP contribution in [-0.2, 0) is 26.2 Å². The van der Waals surface area contributed by atoms with Crippen LogP contribution in [0.15, 0.2) is 76.1 Å². The van der Waals surface area contributed by atoms with E-state index in [-0.39, 0.29) is 17.3 Å². The Morgan fingerprint density at radius 2 is 1.69 bits per heavy atom. The van der Waals surface area contributed by atoms with Gasteiger partial charge in [-0.05, 0) is 92.0 Å². The molecule has 0 aliphatic rings. The predicted octanol–water partition coefficient (Wildman–Crippen LogP) is 6.34. The highest BCUT2D eigenvalue weighted by Gasteiger charge is 2.35. The van der Waals surface area contributed by atoms with Gasteiger partial charge in [0, 0.05) is 17.1 Å². The number of methoxy groups -OCH3 is 1. The van der Waals surface area contributed by atoms with Gasteiger partial charge >= 0.3 is 0 Å². The molecular weight excluding hydrogens is 642 g/mol. The SMILES string of the molecule is CC[C@H](C(=O)NC(C)(C)C)N(Cc1ccccc1Cl)C(=O)CN(c1ccc(C)cc1)S(=O)(=O)c1ccc(OC)c(Br)c1. The monoisotopic (exact) mass is 677 g/mol. The van der Waals surface area contributed by atoms with Crippen molar-refractivity contribution in [2.75, 3.05) is 18.0 Å². The zero-order valence-electron chi connectivity index (χ0n) is 24.6. The Morgan fingerprint density at radius 1 is 1.05 bits per heavy atom. The maximum absolute atomic E-state index is 14.2. The lowest BCUT2D eigenvalue weighted by Gasteiger charge is -2.35. The number of hydrogen-bond donors (Lipinski definition) is 1. The summed E-state index contributed by atoms with van der Waals surface area (Å²) in [6.45, 7) is 8.75. The van der Waals surface area contributed by atoms with Gasteiger partial charge < -0.3 is 15.0 Å². The van der Waals surface area contributed by atoms with Gasteiger partial charge in [0.1, 0.15) is 18.3 Å². The number of carbonyl (C=O) groups excluding carboxylic acids is 2. The lowest BCUT2D eigenvalue weighted by Crippen LogP contribution is -2.55. The standard InChI is InChI=1S/C31H37BrClN3O5S/c1-7-27(30(38)34-31(3,4)5)35(19-22-10-8-9-11-26(22)33)29(37)20-36(23-14-12-21(2)13-15-23)42(39,40)24-16-17-28(41-6)25(32)18-24/h8-18,27H,7,19-20H2,1-6H3,(H,34,38)/t27-/m1/s1. The Morgan fingerprint density at radius 3 is 2.24 bits per heavy atom. The molecule has 2 amide bonds. The van der Waals surface area contributed by atoms with Crippen molar-refractivity contribution in [3.8, 4) is 5.75 Å². The first-order valence-electron chi connectivity index (χ1n) is 13.5. The molecule has 226 valence electrons. The highest BCUT2D eigenvalue weighted by Crippen LogP contribution is 2.31. The van der Waals surface area contributed by atoms with Crippen molar-refractivity contribution in [3.63, 3.8) is 0 Å². The molecule has 0 saturated carbocycles. The van der Waals surface area contributed by atoms with E-state index in [0.29, 0.717) is 32.9 Å². The van der Waals surface area contributed by atoms with Crippen molar-refractivity contribution in [1.82, 2.24) is 10.2 Å². The van der Waals surface area contributed by atoms with Gasteiger partial charge in [-0.2, -0.15) is 0 Å². The summed E-state index contributed by atoms with van der Waals surface area (Å²) in [6.07, 6.45) is 0.306. The maximum Gasteiger partial charge on any atom is 0.264 e. The van der Waals surface area contributed by atoms with Gasteiger partial charge in [-0.3, -0.25) is 13.9 Å².